The van der Waals surface area contributed by atoms with E-state index >= 15 is 0 Å². The smallest absolute Gasteiger partial charge is 0.262 e. The molecule has 1 aromatic carbocycles. The summed E-state index contributed by atoms with van der Waals surface area (Å²) in [4.78, 5) is 28.6. The molecule has 0 spiro atoms. The lowest BCUT2D eigenvalue weighted by Gasteiger charge is -2.41. The molecule has 2 amide bonds. The number of benzene rings is 1. The zero-order valence-corrected chi connectivity index (χ0v) is 15.9. The van der Waals surface area contributed by atoms with Crippen LogP contribution in [-0.2, 0) is 9.59 Å². The number of amides is 2. The third kappa shape index (κ3) is 3.70. The topological polar surface area (TPSA) is 85.7 Å². The molecule has 1 aliphatic heterocycles. The Bertz CT molecular complexity index is 752. The average molecular weight is 370 g/mol. The van der Waals surface area contributed by atoms with Crippen molar-refractivity contribution in [2.24, 2.45) is 0 Å². The van der Waals surface area contributed by atoms with Gasteiger partial charge >= 0.3 is 0 Å². The van der Waals surface area contributed by atoms with Gasteiger partial charge < -0.3 is 19.9 Å². The van der Waals surface area contributed by atoms with Gasteiger partial charge in [-0.2, -0.15) is 5.26 Å². The van der Waals surface area contributed by atoms with E-state index in [0.29, 0.717) is 18.6 Å². The zero-order chi connectivity index (χ0) is 19.4. The fourth-order valence-electron chi connectivity index (χ4n) is 3.92. The van der Waals surface area contributed by atoms with Crippen LogP contribution in [0, 0.1) is 11.3 Å². The fourth-order valence-corrected chi connectivity index (χ4v) is 3.92. The summed E-state index contributed by atoms with van der Waals surface area (Å²) < 4.78 is 5.78. The van der Waals surface area contributed by atoms with E-state index in [1.807, 2.05) is 23.1 Å². The first-order valence-electron chi connectivity index (χ1n) is 9.41. The minimum absolute atomic E-state index is 0.105. The van der Waals surface area contributed by atoms with E-state index in [4.69, 9.17) is 4.74 Å². The Labute approximate surface area is 159 Å². The van der Waals surface area contributed by atoms with Crippen LogP contribution >= 0.6 is 0 Å². The Balaban J connectivity index is 1.80. The van der Waals surface area contributed by atoms with E-state index in [2.05, 4.69) is 11.4 Å². The molecule has 7 nitrogen and oxygen atoms in total. The normalized spacial score (nSPS) is 20.6. The molecule has 0 unspecified atom stereocenters. The van der Waals surface area contributed by atoms with Crippen LogP contribution in [0.2, 0.25) is 0 Å². The highest BCUT2D eigenvalue weighted by Gasteiger charge is 2.40. The van der Waals surface area contributed by atoms with Gasteiger partial charge in [0.05, 0.1) is 24.8 Å². The maximum atomic E-state index is 13.0. The van der Waals surface area contributed by atoms with Crippen molar-refractivity contribution >= 4 is 17.5 Å². The Morgan fingerprint density at radius 2 is 2.04 bits per heavy atom. The number of likely N-dealkylation sites (N-methyl/N-ethyl adjacent to an activating group) is 2. The molecule has 2 aliphatic rings. The van der Waals surface area contributed by atoms with E-state index < -0.39 is 11.6 Å². The highest BCUT2D eigenvalue weighted by atomic mass is 16.5. The first-order valence-corrected chi connectivity index (χ1v) is 9.41. The van der Waals surface area contributed by atoms with Crippen LogP contribution in [-0.4, -0.2) is 55.5 Å². The van der Waals surface area contributed by atoms with Gasteiger partial charge in [0.25, 0.3) is 5.91 Å². The summed E-state index contributed by atoms with van der Waals surface area (Å²) in [5, 5.41) is 12.3. The summed E-state index contributed by atoms with van der Waals surface area (Å²) in [6.45, 7) is 0.392. The van der Waals surface area contributed by atoms with Crippen LogP contribution in [0.5, 0.6) is 5.75 Å². The number of nitrogens with one attached hydrogen (secondary N) is 1. The number of fused-ring (bicyclic) bond motifs is 1. The number of carbonyl (C=O) groups excluding carboxylic acids is 2. The molecule has 3 rings (SSSR count). The van der Waals surface area contributed by atoms with E-state index in [9.17, 15) is 14.9 Å². The molecule has 1 N–H and O–H groups in total. The predicted octanol–water partition coefficient (Wildman–Crippen LogP) is 1.68. The molecular formula is C20H26N4O3. The van der Waals surface area contributed by atoms with E-state index in [0.717, 1.165) is 24.9 Å². The van der Waals surface area contributed by atoms with Crippen LogP contribution in [0.1, 0.15) is 32.1 Å². The van der Waals surface area contributed by atoms with Crippen molar-refractivity contribution in [3.8, 4) is 11.8 Å². The van der Waals surface area contributed by atoms with Gasteiger partial charge in [0, 0.05) is 14.1 Å². The van der Waals surface area contributed by atoms with Gasteiger partial charge in [-0.3, -0.25) is 9.59 Å². The van der Waals surface area contributed by atoms with E-state index in [1.165, 1.54) is 0 Å². The molecule has 1 atom stereocenters. The quantitative estimate of drug-likeness (QED) is 0.872. The molecule has 0 radical (unpaired) electrons. The number of hydrogen-bond acceptors (Lipinski definition) is 5. The van der Waals surface area contributed by atoms with E-state index in [1.54, 1.807) is 25.1 Å². The Morgan fingerprint density at radius 1 is 1.33 bits per heavy atom. The lowest BCUT2D eigenvalue weighted by atomic mass is 9.81. The summed E-state index contributed by atoms with van der Waals surface area (Å²) in [5.41, 5.74) is 0.0653. The third-order valence-electron chi connectivity index (χ3n) is 5.63. The molecule has 0 aromatic heterocycles. The van der Waals surface area contributed by atoms with Crippen LogP contribution in [0.4, 0.5) is 5.69 Å². The van der Waals surface area contributed by atoms with Gasteiger partial charge in [-0.1, -0.05) is 31.4 Å². The number of nitriles is 1. The van der Waals surface area contributed by atoms with Crippen molar-refractivity contribution in [2.75, 3.05) is 32.1 Å². The number of rotatable bonds is 4. The van der Waals surface area contributed by atoms with Crippen LogP contribution < -0.4 is 15.0 Å². The Morgan fingerprint density at radius 3 is 2.70 bits per heavy atom. The zero-order valence-electron chi connectivity index (χ0n) is 15.9. The number of carbonyl (C=O) groups is 2. The van der Waals surface area contributed by atoms with Crippen LogP contribution in [0.15, 0.2) is 24.3 Å². The van der Waals surface area contributed by atoms with Gasteiger partial charge in [-0.15, -0.1) is 0 Å². The average Bonchev–Trinajstić information content (AvgIpc) is 2.72. The number of para-hydroxylation sites is 2. The van der Waals surface area contributed by atoms with Crippen molar-refractivity contribution in [2.45, 2.75) is 43.7 Å². The predicted molar refractivity (Wildman–Crippen MR) is 101 cm³/mol. The summed E-state index contributed by atoms with van der Waals surface area (Å²) in [5.74, 6) is 0.238. The molecule has 7 heteroatoms. The Kier molecular flexibility index (Phi) is 5.54. The summed E-state index contributed by atoms with van der Waals surface area (Å²) in [6.07, 6.45) is 3.78. The van der Waals surface area contributed by atoms with Gasteiger partial charge in [0.1, 0.15) is 11.3 Å². The molecule has 144 valence electrons. The second-order valence-electron chi connectivity index (χ2n) is 7.23. The summed E-state index contributed by atoms with van der Waals surface area (Å²) >= 11 is 0. The first kappa shape index (κ1) is 19.0. The second-order valence-corrected chi connectivity index (χ2v) is 7.23. The minimum atomic E-state index is -0.721. The van der Waals surface area contributed by atoms with Crippen molar-refractivity contribution in [3.05, 3.63) is 24.3 Å². The molecule has 1 heterocycles. The first-order chi connectivity index (χ1) is 13.0. The number of anilines is 1. The van der Waals surface area contributed by atoms with Crippen LogP contribution in [0.3, 0.4) is 0 Å². The van der Waals surface area contributed by atoms with Crippen molar-refractivity contribution in [3.63, 3.8) is 0 Å². The van der Waals surface area contributed by atoms with Gasteiger partial charge in [-0.25, -0.2) is 0 Å². The molecule has 0 saturated heterocycles. The van der Waals surface area contributed by atoms with Crippen LogP contribution in [0.25, 0.3) is 0 Å². The van der Waals surface area contributed by atoms with Gasteiger partial charge in [-0.05, 0) is 25.0 Å². The maximum Gasteiger partial charge on any atom is 0.262 e. The molecule has 1 aliphatic carbocycles. The lowest BCUT2D eigenvalue weighted by Crippen LogP contribution is -2.55. The molecule has 1 fully saturated rings. The highest BCUT2D eigenvalue weighted by molar-refractivity contribution is 5.86. The SMILES string of the molecule is CNC(=O)[C@@H]1CN(CC(=O)N(C)C2(C#N)CCCCC2)c2ccccc2O1. The fraction of sp³-hybridized carbons (Fsp3) is 0.550. The third-order valence-corrected chi connectivity index (χ3v) is 5.63. The van der Waals surface area contributed by atoms with Crippen molar-refractivity contribution in [1.29, 1.82) is 5.26 Å². The summed E-state index contributed by atoms with van der Waals surface area (Å²) in [6, 6.07) is 9.78. The lowest BCUT2D eigenvalue weighted by molar-refractivity contribution is -0.134. The monoisotopic (exact) mass is 370 g/mol. The second kappa shape index (κ2) is 7.87. The standard InChI is InChI=1S/C20H26N4O3/c1-22-19(26)17-12-24(15-8-4-5-9-16(15)27-17)13-18(25)23(2)20(14-21)10-6-3-7-11-20/h4-5,8-9,17H,3,6-7,10-13H2,1-2H3,(H,22,26)/t17-/m0/s1. The van der Waals surface area contributed by atoms with E-state index in [-0.39, 0.29) is 24.9 Å². The summed E-state index contributed by atoms with van der Waals surface area (Å²) in [7, 11) is 3.29. The number of ether oxygens (including phenoxy) is 1. The highest BCUT2D eigenvalue weighted by Crippen LogP contribution is 2.35. The van der Waals surface area contributed by atoms with Crippen molar-refractivity contribution < 1.29 is 14.3 Å². The molecular weight excluding hydrogens is 344 g/mol. The largest absolute Gasteiger partial charge is 0.477 e. The number of hydrogen-bond donors (Lipinski definition) is 1. The molecule has 1 aromatic rings. The molecule has 1 saturated carbocycles. The number of nitrogens with zero attached hydrogens (tertiary/aromatic N) is 3. The molecule has 0 bridgehead atoms. The van der Waals surface area contributed by atoms with Gasteiger partial charge in [0.2, 0.25) is 5.91 Å². The van der Waals surface area contributed by atoms with Gasteiger partial charge in [0.15, 0.2) is 6.10 Å². The van der Waals surface area contributed by atoms with Crippen molar-refractivity contribution in [1.82, 2.24) is 10.2 Å². The minimum Gasteiger partial charge on any atom is -0.477 e. The molecule has 27 heavy (non-hydrogen) atoms. The maximum absolute atomic E-state index is 13.0. The Hall–Kier alpha value is -2.75.